The number of ether oxygens (including phenoxy) is 3. The van der Waals surface area contributed by atoms with Crippen LogP contribution in [0.2, 0.25) is 0 Å². The van der Waals surface area contributed by atoms with Gasteiger partial charge in [-0.05, 0) is 30.4 Å². The minimum absolute atomic E-state index is 0.0177. The van der Waals surface area contributed by atoms with Crippen molar-refractivity contribution in [1.29, 1.82) is 5.26 Å². The number of nitrogens with zero attached hydrogens (tertiary/aromatic N) is 2. The van der Waals surface area contributed by atoms with Crippen LogP contribution in [-0.2, 0) is 9.53 Å². The second-order valence-electron chi connectivity index (χ2n) is 5.95. The molecule has 1 unspecified atom stereocenters. The largest absolute Gasteiger partial charge is 0.493 e. The maximum atomic E-state index is 12.2. The molecular weight excluding hydrogens is 296 g/mol. The van der Waals surface area contributed by atoms with Crippen LogP contribution in [0.25, 0.3) is 0 Å². The van der Waals surface area contributed by atoms with Gasteiger partial charge in [-0.1, -0.05) is 0 Å². The third-order valence-corrected chi connectivity index (χ3v) is 4.54. The van der Waals surface area contributed by atoms with Gasteiger partial charge >= 0.3 is 0 Å². The molecule has 3 rings (SSSR count). The van der Waals surface area contributed by atoms with Gasteiger partial charge in [0.25, 0.3) is 5.91 Å². The van der Waals surface area contributed by atoms with Crippen LogP contribution in [0.15, 0.2) is 18.2 Å². The molecule has 0 saturated carbocycles. The van der Waals surface area contributed by atoms with E-state index in [9.17, 15) is 4.79 Å². The van der Waals surface area contributed by atoms with Crippen molar-refractivity contribution in [2.24, 2.45) is 11.8 Å². The summed E-state index contributed by atoms with van der Waals surface area (Å²) in [5.41, 5.74) is 0.491. The van der Waals surface area contributed by atoms with Crippen molar-refractivity contribution in [3.63, 3.8) is 0 Å². The molecule has 1 aromatic carbocycles. The number of likely N-dealkylation sites (tertiary alicyclic amines) is 1. The van der Waals surface area contributed by atoms with Gasteiger partial charge in [0.1, 0.15) is 0 Å². The molecule has 1 atom stereocenters. The predicted octanol–water partition coefficient (Wildman–Crippen LogP) is 1.44. The fourth-order valence-electron chi connectivity index (χ4n) is 3.03. The number of rotatable bonds is 5. The van der Waals surface area contributed by atoms with Gasteiger partial charge in [-0.2, -0.15) is 5.26 Å². The standard InChI is InChI=1S/C17H20N2O4/c1-21-16-6-12(7-18)2-3-15(16)23-11-17(20)19-8-14(9-19)13-4-5-22-10-13/h2-3,6,13-14H,4-5,8-11H2,1H3. The zero-order valence-corrected chi connectivity index (χ0v) is 13.2. The van der Waals surface area contributed by atoms with Gasteiger partial charge in [0, 0.05) is 32.4 Å². The lowest BCUT2D eigenvalue weighted by Gasteiger charge is -2.42. The monoisotopic (exact) mass is 316 g/mol. The fraction of sp³-hybridized carbons (Fsp3) is 0.529. The van der Waals surface area contributed by atoms with Crippen LogP contribution in [0.5, 0.6) is 11.5 Å². The van der Waals surface area contributed by atoms with E-state index < -0.39 is 0 Å². The molecule has 2 saturated heterocycles. The van der Waals surface area contributed by atoms with Crippen LogP contribution in [0, 0.1) is 23.2 Å². The highest BCUT2D eigenvalue weighted by Gasteiger charge is 2.37. The first-order chi connectivity index (χ1) is 11.2. The number of amides is 1. The van der Waals surface area contributed by atoms with E-state index in [1.54, 1.807) is 18.2 Å². The SMILES string of the molecule is COc1cc(C#N)ccc1OCC(=O)N1CC(C2CCOC2)C1. The molecule has 1 aromatic rings. The van der Waals surface area contributed by atoms with Crippen molar-refractivity contribution in [3.8, 4) is 17.6 Å². The Labute approximate surface area is 135 Å². The Morgan fingerprint density at radius 3 is 2.87 bits per heavy atom. The molecule has 2 aliphatic heterocycles. The molecule has 122 valence electrons. The topological polar surface area (TPSA) is 71.8 Å². The summed E-state index contributed by atoms with van der Waals surface area (Å²) >= 11 is 0. The van der Waals surface area contributed by atoms with Gasteiger partial charge in [-0.25, -0.2) is 0 Å². The van der Waals surface area contributed by atoms with Crippen molar-refractivity contribution in [3.05, 3.63) is 23.8 Å². The molecule has 6 nitrogen and oxygen atoms in total. The molecule has 0 bridgehead atoms. The molecule has 0 N–H and O–H groups in total. The normalized spacial score (nSPS) is 20.7. The molecular formula is C17H20N2O4. The van der Waals surface area contributed by atoms with Gasteiger partial charge in [0.2, 0.25) is 0 Å². The summed E-state index contributed by atoms with van der Waals surface area (Å²) in [6.07, 6.45) is 1.10. The number of nitriles is 1. The summed E-state index contributed by atoms with van der Waals surface area (Å²) in [4.78, 5) is 14.0. The highest BCUT2D eigenvalue weighted by Crippen LogP contribution is 2.31. The minimum atomic E-state index is -0.0217. The van der Waals surface area contributed by atoms with E-state index >= 15 is 0 Å². The molecule has 0 aromatic heterocycles. The number of carbonyl (C=O) groups excluding carboxylic acids is 1. The second-order valence-corrected chi connectivity index (χ2v) is 5.95. The van der Waals surface area contributed by atoms with Crippen molar-refractivity contribution in [2.75, 3.05) is 40.0 Å². The number of benzene rings is 1. The lowest BCUT2D eigenvalue weighted by atomic mass is 9.85. The molecule has 0 radical (unpaired) electrons. The highest BCUT2D eigenvalue weighted by molar-refractivity contribution is 5.78. The first-order valence-corrected chi connectivity index (χ1v) is 7.77. The van der Waals surface area contributed by atoms with Crippen molar-refractivity contribution >= 4 is 5.91 Å². The predicted molar refractivity (Wildman–Crippen MR) is 82.2 cm³/mol. The molecule has 0 spiro atoms. The van der Waals surface area contributed by atoms with E-state index in [-0.39, 0.29) is 12.5 Å². The Balaban J connectivity index is 1.49. The van der Waals surface area contributed by atoms with Crippen molar-refractivity contribution in [1.82, 2.24) is 4.90 Å². The van der Waals surface area contributed by atoms with E-state index in [1.807, 2.05) is 11.0 Å². The first-order valence-electron chi connectivity index (χ1n) is 7.77. The van der Waals surface area contributed by atoms with E-state index in [0.717, 1.165) is 32.7 Å². The molecule has 6 heteroatoms. The van der Waals surface area contributed by atoms with Crippen LogP contribution >= 0.6 is 0 Å². The van der Waals surface area contributed by atoms with E-state index in [4.69, 9.17) is 19.5 Å². The smallest absolute Gasteiger partial charge is 0.260 e. The third kappa shape index (κ3) is 3.40. The average Bonchev–Trinajstić information content (AvgIpc) is 3.05. The van der Waals surface area contributed by atoms with Crippen LogP contribution in [0.3, 0.4) is 0 Å². The Bertz CT molecular complexity index is 614. The summed E-state index contributed by atoms with van der Waals surface area (Å²) in [7, 11) is 1.51. The van der Waals surface area contributed by atoms with Crippen LogP contribution < -0.4 is 9.47 Å². The summed E-state index contributed by atoms with van der Waals surface area (Å²) in [6, 6.07) is 6.93. The Hall–Kier alpha value is -2.26. The maximum absolute atomic E-state index is 12.2. The van der Waals surface area contributed by atoms with Crippen LogP contribution in [-0.4, -0.2) is 50.8 Å². The minimum Gasteiger partial charge on any atom is -0.493 e. The maximum Gasteiger partial charge on any atom is 0.260 e. The van der Waals surface area contributed by atoms with Crippen LogP contribution in [0.1, 0.15) is 12.0 Å². The number of hydrogen-bond donors (Lipinski definition) is 0. The zero-order valence-electron chi connectivity index (χ0n) is 13.2. The van der Waals surface area contributed by atoms with E-state index in [1.165, 1.54) is 7.11 Å². The summed E-state index contributed by atoms with van der Waals surface area (Å²) in [5.74, 6) is 2.07. The molecule has 1 amide bonds. The van der Waals surface area contributed by atoms with E-state index in [2.05, 4.69) is 0 Å². The number of methoxy groups -OCH3 is 1. The molecule has 2 heterocycles. The number of hydrogen-bond acceptors (Lipinski definition) is 5. The Morgan fingerprint density at radius 2 is 2.22 bits per heavy atom. The Kier molecular flexibility index (Phi) is 4.68. The van der Waals surface area contributed by atoms with Crippen molar-refractivity contribution in [2.45, 2.75) is 6.42 Å². The van der Waals surface area contributed by atoms with E-state index in [0.29, 0.717) is 28.9 Å². The zero-order chi connectivity index (χ0) is 16.2. The average molecular weight is 316 g/mol. The number of carbonyl (C=O) groups is 1. The third-order valence-electron chi connectivity index (χ3n) is 4.54. The lowest BCUT2D eigenvalue weighted by Crippen LogP contribution is -2.54. The fourth-order valence-corrected chi connectivity index (χ4v) is 3.03. The van der Waals surface area contributed by atoms with Crippen molar-refractivity contribution < 1.29 is 19.0 Å². The van der Waals surface area contributed by atoms with Gasteiger partial charge in [-0.3, -0.25) is 4.79 Å². The first kappa shape index (κ1) is 15.6. The summed E-state index contributed by atoms with van der Waals surface area (Å²) in [6.45, 7) is 3.24. The lowest BCUT2D eigenvalue weighted by molar-refractivity contribution is -0.141. The second kappa shape index (κ2) is 6.88. The quantitative estimate of drug-likeness (QED) is 0.822. The van der Waals surface area contributed by atoms with Gasteiger partial charge in [0.15, 0.2) is 18.1 Å². The van der Waals surface area contributed by atoms with Gasteiger partial charge < -0.3 is 19.1 Å². The summed E-state index contributed by atoms with van der Waals surface area (Å²) < 4.78 is 16.1. The summed E-state index contributed by atoms with van der Waals surface area (Å²) in [5, 5.41) is 8.88. The Morgan fingerprint density at radius 1 is 1.39 bits per heavy atom. The molecule has 2 aliphatic rings. The molecule has 23 heavy (non-hydrogen) atoms. The highest BCUT2D eigenvalue weighted by atomic mass is 16.5. The van der Waals surface area contributed by atoms with Gasteiger partial charge in [-0.15, -0.1) is 0 Å². The van der Waals surface area contributed by atoms with Gasteiger partial charge in [0.05, 0.1) is 18.7 Å². The molecule has 2 fully saturated rings. The molecule has 0 aliphatic carbocycles. The van der Waals surface area contributed by atoms with Crippen LogP contribution in [0.4, 0.5) is 0 Å².